The number of aromatic carboxylic acids is 1. The molecule has 6 heteroatoms. The van der Waals surface area contributed by atoms with Gasteiger partial charge in [0.15, 0.2) is 5.82 Å². The fourth-order valence-electron chi connectivity index (χ4n) is 2.42. The van der Waals surface area contributed by atoms with Gasteiger partial charge in [0.05, 0.1) is 17.6 Å². The molecule has 1 aliphatic heterocycles. The van der Waals surface area contributed by atoms with Crippen LogP contribution in [0.15, 0.2) is 36.5 Å². The Bertz CT molecular complexity index is 659. The summed E-state index contributed by atoms with van der Waals surface area (Å²) < 4.78 is 0. The summed E-state index contributed by atoms with van der Waals surface area (Å²) in [5.74, 6) is -0.605. The van der Waals surface area contributed by atoms with Crippen LogP contribution in [-0.2, 0) is 0 Å². The monoisotopic (exact) mass is 270 g/mol. The number of fused-ring (bicyclic) bond motifs is 1. The minimum Gasteiger partial charge on any atom is -0.478 e. The van der Waals surface area contributed by atoms with Gasteiger partial charge in [0.2, 0.25) is 0 Å². The third-order valence-corrected chi connectivity index (χ3v) is 3.43. The Balaban J connectivity index is 2.13. The van der Waals surface area contributed by atoms with Crippen LogP contribution >= 0.6 is 0 Å². The van der Waals surface area contributed by atoms with Crippen molar-refractivity contribution in [2.75, 3.05) is 29.9 Å². The topological polar surface area (TPSA) is 69.6 Å². The molecule has 0 amide bonds. The molecule has 0 saturated carbocycles. The van der Waals surface area contributed by atoms with E-state index in [9.17, 15) is 9.90 Å². The van der Waals surface area contributed by atoms with Crippen LogP contribution < -0.4 is 9.80 Å². The minimum atomic E-state index is -0.994. The molecule has 1 N–H and O–H groups in total. The fraction of sp³-hybridized carbons (Fsp3) is 0.214. The molecule has 0 radical (unpaired) electrons. The van der Waals surface area contributed by atoms with E-state index in [1.807, 2.05) is 36.2 Å². The van der Waals surface area contributed by atoms with Crippen LogP contribution in [0.25, 0.3) is 0 Å². The molecule has 2 heterocycles. The third-order valence-electron chi connectivity index (χ3n) is 3.43. The maximum Gasteiger partial charge on any atom is 0.339 e. The Morgan fingerprint density at radius 1 is 1.20 bits per heavy atom. The minimum absolute atomic E-state index is 0.166. The van der Waals surface area contributed by atoms with Gasteiger partial charge in [-0.05, 0) is 18.2 Å². The first-order chi connectivity index (χ1) is 9.68. The summed E-state index contributed by atoms with van der Waals surface area (Å²) in [6.07, 6.45) is 1.40. The summed E-state index contributed by atoms with van der Waals surface area (Å²) >= 11 is 0. The highest BCUT2D eigenvalue weighted by Gasteiger charge is 2.25. The molecule has 0 aliphatic carbocycles. The number of hydrogen-bond donors (Lipinski definition) is 1. The summed E-state index contributed by atoms with van der Waals surface area (Å²) in [6, 6.07) is 9.35. The fourth-order valence-corrected chi connectivity index (χ4v) is 2.42. The van der Waals surface area contributed by atoms with Crippen molar-refractivity contribution in [1.29, 1.82) is 0 Å². The van der Waals surface area contributed by atoms with Crippen LogP contribution in [0.4, 0.5) is 17.2 Å². The molecule has 0 fully saturated rings. The van der Waals surface area contributed by atoms with Crippen molar-refractivity contribution < 1.29 is 9.90 Å². The first-order valence-electron chi connectivity index (χ1n) is 6.31. The van der Waals surface area contributed by atoms with Crippen LogP contribution in [0.5, 0.6) is 0 Å². The van der Waals surface area contributed by atoms with Crippen molar-refractivity contribution in [3.8, 4) is 0 Å². The molecule has 0 bridgehead atoms. The van der Waals surface area contributed by atoms with E-state index in [2.05, 4.69) is 15.1 Å². The second kappa shape index (κ2) is 4.80. The van der Waals surface area contributed by atoms with Gasteiger partial charge in [-0.1, -0.05) is 12.1 Å². The zero-order valence-corrected chi connectivity index (χ0v) is 11.0. The average molecular weight is 270 g/mol. The van der Waals surface area contributed by atoms with Crippen LogP contribution in [0.1, 0.15) is 10.4 Å². The van der Waals surface area contributed by atoms with Crippen LogP contribution in [0.2, 0.25) is 0 Å². The first kappa shape index (κ1) is 12.4. The standard InChI is InChI=1S/C14H14N4O2/c1-17-8-9-18(12-5-3-2-4-11(12)17)13-10(14(19)20)6-7-15-16-13/h2-7H,8-9H2,1H3,(H,19,20). The smallest absolute Gasteiger partial charge is 0.339 e. The third kappa shape index (κ3) is 1.95. The number of carboxylic acid groups (broad SMARTS) is 1. The number of nitrogens with zero attached hydrogens (tertiary/aromatic N) is 4. The van der Waals surface area contributed by atoms with Crippen molar-refractivity contribution >= 4 is 23.2 Å². The summed E-state index contributed by atoms with van der Waals surface area (Å²) in [5.41, 5.74) is 2.17. The van der Waals surface area contributed by atoms with Gasteiger partial charge >= 0.3 is 5.97 Å². The Kier molecular flexibility index (Phi) is 2.98. The highest BCUT2D eigenvalue weighted by atomic mass is 16.4. The molecule has 3 rings (SSSR count). The maximum absolute atomic E-state index is 11.3. The normalized spacial score (nSPS) is 14.1. The SMILES string of the molecule is CN1CCN(c2nnccc2C(=O)O)c2ccccc21. The first-order valence-corrected chi connectivity index (χ1v) is 6.31. The highest BCUT2D eigenvalue weighted by molar-refractivity contribution is 5.95. The van der Waals surface area contributed by atoms with Crippen LogP contribution in [0.3, 0.4) is 0 Å². The van der Waals surface area contributed by atoms with E-state index in [-0.39, 0.29) is 5.56 Å². The molecule has 0 saturated heterocycles. The number of hydrogen-bond acceptors (Lipinski definition) is 5. The van der Waals surface area contributed by atoms with Crippen molar-refractivity contribution in [2.24, 2.45) is 0 Å². The number of rotatable bonds is 2. The number of aromatic nitrogens is 2. The van der Waals surface area contributed by atoms with Crippen LogP contribution in [0, 0.1) is 0 Å². The van der Waals surface area contributed by atoms with Gasteiger partial charge < -0.3 is 14.9 Å². The van der Waals surface area contributed by atoms with E-state index in [0.29, 0.717) is 12.4 Å². The van der Waals surface area contributed by atoms with Gasteiger partial charge in [0.1, 0.15) is 5.56 Å². The van der Waals surface area contributed by atoms with Crippen molar-refractivity contribution in [1.82, 2.24) is 10.2 Å². The molecule has 1 aromatic heterocycles. The van der Waals surface area contributed by atoms with E-state index in [4.69, 9.17) is 0 Å². The summed E-state index contributed by atoms with van der Waals surface area (Å²) in [5, 5.41) is 17.1. The lowest BCUT2D eigenvalue weighted by Crippen LogP contribution is -2.37. The molecule has 0 atom stereocenters. The molecule has 6 nitrogen and oxygen atoms in total. The molecular formula is C14H14N4O2. The maximum atomic E-state index is 11.3. The molecule has 0 spiro atoms. The largest absolute Gasteiger partial charge is 0.478 e. The summed E-state index contributed by atoms with van der Waals surface area (Å²) in [7, 11) is 2.02. The van der Waals surface area contributed by atoms with E-state index in [1.165, 1.54) is 12.3 Å². The molecule has 1 aliphatic rings. The number of para-hydroxylation sites is 2. The Morgan fingerprint density at radius 3 is 2.70 bits per heavy atom. The van der Waals surface area contributed by atoms with Gasteiger partial charge in [-0.3, -0.25) is 0 Å². The Hall–Kier alpha value is -2.63. The lowest BCUT2D eigenvalue weighted by Gasteiger charge is -2.36. The van der Waals surface area contributed by atoms with E-state index < -0.39 is 5.97 Å². The predicted octanol–water partition coefficient (Wildman–Crippen LogP) is 1.76. The molecule has 20 heavy (non-hydrogen) atoms. The quantitative estimate of drug-likeness (QED) is 0.896. The number of likely N-dealkylation sites (N-methyl/N-ethyl adjacent to an activating group) is 1. The predicted molar refractivity (Wildman–Crippen MR) is 75.7 cm³/mol. The molecular weight excluding hydrogens is 256 g/mol. The van der Waals surface area contributed by atoms with Crippen LogP contribution in [-0.4, -0.2) is 41.4 Å². The molecule has 1 aromatic carbocycles. The van der Waals surface area contributed by atoms with Gasteiger partial charge in [-0.15, -0.1) is 5.10 Å². The van der Waals surface area contributed by atoms with Crippen molar-refractivity contribution in [2.45, 2.75) is 0 Å². The number of anilines is 3. The van der Waals surface area contributed by atoms with Gasteiger partial charge in [-0.25, -0.2) is 4.79 Å². The second-order valence-electron chi connectivity index (χ2n) is 4.64. The van der Waals surface area contributed by atoms with Gasteiger partial charge in [0, 0.05) is 20.1 Å². The van der Waals surface area contributed by atoms with E-state index >= 15 is 0 Å². The van der Waals surface area contributed by atoms with Crippen molar-refractivity contribution in [3.63, 3.8) is 0 Å². The Labute approximate surface area is 116 Å². The van der Waals surface area contributed by atoms with Gasteiger partial charge in [0.25, 0.3) is 0 Å². The highest BCUT2D eigenvalue weighted by Crippen LogP contribution is 2.36. The molecule has 0 unspecified atom stereocenters. The van der Waals surface area contributed by atoms with E-state index in [0.717, 1.165) is 17.9 Å². The number of carbonyl (C=O) groups is 1. The molecule has 102 valence electrons. The van der Waals surface area contributed by atoms with E-state index in [1.54, 1.807) is 0 Å². The zero-order chi connectivity index (χ0) is 14.1. The van der Waals surface area contributed by atoms with Gasteiger partial charge in [-0.2, -0.15) is 5.10 Å². The second-order valence-corrected chi connectivity index (χ2v) is 4.64. The van der Waals surface area contributed by atoms with Crippen molar-refractivity contribution in [3.05, 3.63) is 42.1 Å². The lowest BCUT2D eigenvalue weighted by atomic mass is 10.1. The molecule has 2 aromatic rings. The zero-order valence-electron chi connectivity index (χ0n) is 11.0. The average Bonchev–Trinajstić information content (AvgIpc) is 2.48. The number of benzene rings is 1. The Morgan fingerprint density at radius 2 is 1.95 bits per heavy atom. The lowest BCUT2D eigenvalue weighted by molar-refractivity contribution is 0.0697. The summed E-state index contributed by atoms with van der Waals surface area (Å²) in [4.78, 5) is 15.4. The number of carboxylic acids is 1. The summed E-state index contributed by atoms with van der Waals surface area (Å²) in [6.45, 7) is 1.47.